The molecule has 32 heavy (non-hydrogen) atoms. The number of hydrogen-bond donors (Lipinski definition) is 1. The van der Waals surface area contributed by atoms with Gasteiger partial charge < -0.3 is 19.7 Å². The van der Waals surface area contributed by atoms with Gasteiger partial charge in [0.05, 0.1) is 0 Å². The van der Waals surface area contributed by atoms with E-state index >= 15 is 0 Å². The molecule has 1 N–H and O–H groups in total. The van der Waals surface area contributed by atoms with Crippen LogP contribution in [-0.2, 0) is 22.4 Å². The monoisotopic (exact) mass is 438 g/mol. The molecule has 0 fully saturated rings. The summed E-state index contributed by atoms with van der Waals surface area (Å²) in [5.74, 6) is 1.36. The molecule has 1 heterocycles. The van der Waals surface area contributed by atoms with Crippen molar-refractivity contribution in [1.29, 1.82) is 0 Å². The lowest BCUT2D eigenvalue weighted by Gasteiger charge is -2.31. The molecule has 2 amide bonds. The minimum Gasteiger partial charge on any atom is -0.454 e. The molecule has 2 aromatic carbocycles. The van der Waals surface area contributed by atoms with Crippen LogP contribution in [0.4, 0.5) is 0 Å². The van der Waals surface area contributed by atoms with Gasteiger partial charge in [-0.3, -0.25) is 9.59 Å². The molecule has 2 atom stereocenters. The molecule has 0 aromatic heterocycles. The molecule has 1 aliphatic rings. The second-order valence-corrected chi connectivity index (χ2v) is 8.25. The van der Waals surface area contributed by atoms with Crippen LogP contribution in [-0.4, -0.2) is 42.1 Å². The molecule has 6 heteroatoms. The standard InChI is InChI=1S/C26H34N2O4/c1-4-19(3)27-26(30)22(5-2)28(16-15-20-9-7-6-8-10-20)25(29)14-12-21-11-13-23-24(17-21)32-18-31-23/h6-11,13,17,19,22H,4-5,12,14-16,18H2,1-3H3,(H,27,30)/t19-,22-/m1/s1. The van der Waals surface area contributed by atoms with E-state index in [-0.39, 0.29) is 24.6 Å². The molecule has 3 rings (SSSR count). The van der Waals surface area contributed by atoms with Gasteiger partial charge in [0.1, 0.15) is 6.04 Å². The molecule has 0 bridgehead atoms. The molecule has 2 aromatic rings. The van der Waals surface area contributed by atoms with Gasteiger partial charge in [-0.2, -0.15) is 0 Å². The van der Waals surface area contributed by atoms with Gasteiger partial charge in [-0.15, -0.1) is 0 Å². The molecule has 1 aliphatic heterocycles. The van der Waals surface area contributed by atoms with Gasteiger partial charge in [-0.25, -0.2) is 0 Å². The second-order valence-electron chi connectivity index (χ2n) is 8.25. The van der Waals surface area contributed by atoms with Crippen LogP contribution in [0, 0.1) is 0 Å². The summed E-state index contributed by atoms with van der Waals surface area (Å²) in [4.78, 5) is 28.1. The van der Waals surface area contributed by atoms with E-state index < -0.39 is 6.04 Å². The Labute approximate surface area is 190 Å². The third kappa shape index (κ3) is 6.25. The highest BCUT2D eigenvalue weighted by Crippen LogP contribution is 2.32. The van der Waals surface area contributed by atoms with Crippen molar-refractivity contribution in [2.45, 2.75) is 65.0 Å². The zero-order chi connectivity index (χ0) is 22.9. The molecule has 172 valence electrons. The molecule has 0 unspecified atom stereocenters. The van der Waals surface area contributed by atoms with Crippen LogP contribution in [0.15, 0.2) is 48.5 Å². The number of carbonyl (C=O) groups excluding carboxylic acids is 2. The van der Waals surface area contributed by atoms with Crippen LogP contribution in [0.25, 0.3) is 0 Å². The van der Waals surface area contributed by atoms with Gasteiger partial charge in [-0.05, 0) is 55.9 Å². The lowest BCUT2D eigenvalue weighted by atomic mass is 10.0. The van der Waals surface area contributed by atoms with Crippen LogP contribution in [0.5, 0.6) is 11.5 Å². The summed E-state index contributed by atoms with van der Waals surface area (Å²) in [6, 6.07) is 15.4. The molecular weight excluding hydrogens is 404 g/mol. The normalized spacial score (nSPS) is 14.0. The van der Waals surface area contributed by atoms with E-state index in [1.54, 1.807) is 4.90 Å². The minimum atomic E-state index is -0.475. The Morgan fingerprint density at radius 3 is 2.44 bits per heavy atom. The van der Waals surface area contributed by atoms with Gasteiger partial charge in [0, 0.05) is 19.0 Å². The predicted molar refractivity (Wildman–Crippen MR) is 125 cm³/mol. The summed E-state index contributed by atoms with van der Waals surface area (Å²) in [5.41, 5.74) is 2.17. The second kappa shape index (κ2) is 11.6. The lowest BCUT2D eigenvalue weighted by molar-refractivity contribution is -0.141. The maximum atomic E-state index is 13.3. The summed E-state index contributed by atoms with van der Waals surface area (Å²) in [6.07, 6.45) is 3.06. The van der Waals surface area contributed by atoms with E-state index in [1.807, 2.05) is 57.2 Å². The fraction of sp³-hybridized carbons (Fsp3) is 0.462. The first-order chi connectivity index (χ1) is 15.5. The van der Waals surface area contributed by atoms with Gasteiger partial charge >= 0.3 is 0 Å². The zero-order valence-electron chi connectivity index (χ0n) is 19.3. The quantitative estimate of drug-likeness (QED) is 0.573. The number of amides is 2. The Balaban J connectivity index is 1.70. The average Bonchev–Trinajstić information content (AvgIpc) is 3.28. The third-order valence-electron chi connectivity index (χ3n) is 5.94. The predicted octanol–water partition coefficient (Wildman–Crippen LogP) is 4.11. The molecule has 0 saturated carbocycles. The van der Waals surface area contributed by atoms with Crippen LogP contribution in [0.2, 0.25) is 0 Å². The van der Waals surface area contributed by atoms with Crippen molar-refractivity contribution in [1.82, 2.24) is 10.2 Å². The molecule has 6 nitrogen and oxygen atoms in total. The molecule has 0 radical (unpaired) electrons. The van der Waals surface area contributed by atoms with E-state index in [0.717, 1.165) is 29.0 Å². The molecule has 0 spiro atoms. The Kier molecular flexibility index (Phi) is 8.54. The van der Waals surface area contributed by atoms with Crippen LogP contribution >= 0.6 is 0 Å². The number of benzene rings is 2. The Morgan fingerprint density at radius 1 is 0.969 bits per heavy atom. The highest BCUT2D eigenvalue weighted by atomic mass is 16.7. The summed E-state index contributed by atoms with van der Waals surface area (Å²) in [6.45, 7) is 6.72. The first-order valence-electron chi connectivity index (χ1n) is 11.5. The van der Waals surface area contributed by atoms with Crippen LogP contribution in [0.1, 0.15) is 51.2 Å². The maximum absolute atomic E-state index is 13.3. The largest absolute Gasteiger partial charge is 0.454 e. The lowest BCUT2D eigenvalue weighted by Crippen LogP contribution is -2.51. The van der Waals surface area contributed by atoms with Crippen LogP contribution in [0.3, 0.4) is 0 Å². The molecular formula is C26H34N2O4. The van der Waals surface area contributed by atoms with Gasteiger partial charge in [0.15, 0.2) is 11.5 Å². The maximum Gasteiger partial charge on any atom is 0.243 e. The van der Waals surface area contributed by atoms with E-state index in [2.05, 4.69) is 17.4 Å². The number of nitrogens with one attached hydrogen (secondary N) is 1. The number of carbonyl (C=O) groups is 2. The van der Waals surface area contributed by atoms with Gasteiger partial charge in [-0.1, -0.05) is 50.2 Å². The van der Waals surface area contributed by atoms with E-state index in [9.17, 15) is 9.59 Å². The summed E-state index contributed by atoms with van der Waals surface area (Å²) in [7, 11) is 0. The zero-order valence-corrected chi connectivity index (χ0v) is 19.3. The van der Waals surface area contributed by atoms with E-state index in [0.29, 0.717) is 32.2 Å². The number of rotatable bonds is 11. The number of fused-ring (bicyclic) bond motifs is 1. The summed E-state index contributed by atoms with van der Waals surface area (Å²) >= 11 is 0. The van der Waals surface area contributed by atoms with Gasteiger partial charge in [0.25, 0.3) is 0 Å². The fourth-order valence-corrected chi connectivity index (χ4v) is 3.83. The Morgan fingerprint density at radius 2 is 1.72 bits per heavy atom. The number of aryl methyl sites for hydroxylation is 1. The molecule has 0 saturated heterocycles. The first kappa shape index (κ1) is 23.6. The molecule has 0 aliphatic carbocycles. The summed E-state index contributed by atoms with van der Waals surface area (Å²) < 4.78 is 10.8. The van der Waals surface area contributed by atoms with Crippen molar-refractivity contribution >= 4 is 11.8 Å². The van der Waals surface area contributed by atoms with Crippen molar-refractivity contribution in [3.63, 3.8) is 0 Å². The smallest absolute Gasteiger partial charge is 0.243 e. The van der Waals surface area contributed by atoms with Crippen LogP contribution < -0.4 is 14.8 Å². The average molecular weight is 439 g/mol. The van der Waals surface area contributed by atoms with E-state index in [1.165, 1.54) is 0 Å². The highest BCUT2D eigenvalue weighted by molar-refractivity contribution is 5.88. The van der Waals surface area contributed by atoms with Crippen molar-refractivity contribution < 1.29 is 19.1 Å². The number of nitrogens with zero attached hydrogens (tertiary/aromatic N) is 1. The highest BCUT2D eigenvalue weighted by Gasteiger charge is 2.28. The number of ether oxygens (including phenoxy) is 2. The third-order valence-corrected chi connectivity index (χ3v) is 5.94. The SMILES string of the molecule is CC[C@@H](C)NC(=O)[C@@H](CC)N(CCc1ccccc1)C(=O)CCc1ccc2c(c1)OCO2. The van der Waals surface area contributed by atoms with Crippen molar-refractivity contribution in [2.24, 2.45) is 0 Å². The van der Waals surface area contributed by atoms with E-state index in [4.69, 9.17) is 9.47 Å². The minimum absolute atomic E-state index is 0.00949. The van der Waals surface area contributed by atoms with Crippen molar-refractivity contribution in [2.75, 3.05) is 13.3 Å². The Hall–Kier alpha value is -3.02. The topological polar surface area (TPSA) is 67.9 Å². The summed E-state index contributed by atoms with van der Waals surface area (Å²) in [5, 5.41) is 3.05. The fourth-order valence-electron chi connectivity index (χ4n) is 3.83. The number of hydrogen-bond acceptors (Lipinski definition) is 4. The van der Waals surface area contributed by atoms with Crippen molar-refractivity contribution in [3.8, 4) is 11.5 Å². The first-order valence-corrected chi connectivity index (χ1v) is 11.5. The Bertz CT molecular complexity index is 900. The van der Waals surface area contributed by atoms with Crippen molar-refractivity contribution in [3.05, 3.63) is 59.7 Å². The van der Waals surface area contributed by atoms with Gasteiger partial charge in [0.2, 0.25) is 18.6 Å².